The van der Waals surface area contributed by atoms with Crippen molar-refractivity contribution in [3.05, 3.63) is 67.0 Å². The average Bonchev–Trinajstić information content (AvgIpc) is 2.25. The van der Waals surface area contributed by atoms with Crippen molar-refractivity contribution in [2.45, 2.75) is 0 Å². The molecule has 0 fully saturated rings. The first-order chi connectivity index (χ1) is 6.86. The first kappa shape index (κ1) is 10.2. The highest BCUT2D eigenvalue weighted by molar-refractivity contribution is 5.53. The number of rotatable bonds is 4. The van der Waals surface area contributed by atoms with Gasteiger partial charge in [0.2, 0.25) is 0 Å². The van der Waals surface area contributed by atoms with Crippen molar-refractivity contribution >= 4 is 12.2 Å². The number of nitrogens with zero attached hydrogens (tertiary/aromatic N) is 1. The van der Waals surface area contributed by atoms with Crippen molar-refractivity contribution in [1.82, 2.24) is 4.98 Å². The van der Waals surface area contributed by atoms with E-state index >= 15 is 0 Å². The van der Waals surface area contributed by atoms with Crippen LogP contribution in [-0.4, -0.2) is 4.98 Å². The Bertz CT molecular complexity index is 318. The van der Waals surface area contributed by atoms with Gasteiger partial charge >= 0.3 is 0 Å². The highest BCUT2D eigenvalue weighted by atomic mass is 14.7. The van der Waals surface area contributed by atoms with E-state index in [0.717, 1.165) is 11.3 Å². The highest BCUT2D eigenvalue weighted by Crippen LogP contribution is 2.04. The maximum atomic E-state index is 4.25. The van der Waals surface area contributed by atoms with Crippen LogP contribution in [0.5, 0.6) is 0 Å². The molecule has 0 unspecified atom stereocenters. The molecule has 0 radical (unpaired) electrons. The Morgan fingerprint density at radius 2 is 1.71 bits per heavy atom. The summed E-state index contributed by atoms with van der Waals surface area (Å²) in [7, 11) is 0. The van der Waals surface area contributed by atoms with Gasteiger partial charge in [-0.15, -0.1) is 0 Å². The first-order valence-electron chi connectivity index (χ1n) is 4.41. The Kier molecular flexibility index (Phi) is 4.15. The molecule has 0 saturated carbocycles. The summed E-state index contributed by atoms with van der Waals surface area (Å²) in [4.78, 5) is 4.25. The number of allylic oxidation sites excluding steroid dienone is 4. The van der Waals surface area contributed by atoms with Crippen LogP contribution in [0.25, 0.3) is 12.2 Å². The Hall–Kier alpha value is -1.89. The molecule has 0 atom stereocenters. The van der Waals surface area contributed by atoms with Gasteiger partial charge in [0.05, 0.1) is 5.69 Å². The summed E-state index contributed by atoms with van der Waals surface area (Å²) in [6.07, 6.45) is 12.9. The van der Waals surface area contributed by atoms with Crippen LogP contribution >= 0.6 is 0 Å². The second-order valence-corrected chi connectivity index (χ2v) is 2.71. The van der Waals surface area contributed by atoms with E-state index in [1.807, 2.05) is 42.6 Å². The summed E-state index contributed by atoms with van der Waals surface area (Å²) in [5.74, 6) is 0. The number of hydrogen-bond donors (Lipinski definition) is 0. The molecular formula is C13H13N. The molecule has 0 aliphatic heterocycles. The minimum atomic E-state index is 0.931. The predicted octanol–water partition coefficient (Wildman–Crippen LogP) is 3.48. The maximum absolute atomic E-state index is 4.25. The van der Waals surface area contributed by atoms with Gasteiger partial charge in [0.1, 0.15) is 0 Å². The van der Waals surface area contributed by atoms with Gasteiger partial charge in [0.15, 0.2) is 0 Å². The molecule has 70 valence electrons. The van der Waals surface area contributed by atoms with E-state index in [4.69, 9.17) is 0 Å². The lowest BCUT2D eigenvalue weighted by atomic mass is 10.2. The first-order valence-corrected chi connectivity index (χ1v) is 4.41. The van der Waals surface area contributed by atoms with Crippen LogP contribution in [0.15, 0.2) is 55.8 Å². The molecule has 14 heavy (non-hydrogen) atoms. The predicted molar refractivity (Wildman–Crippen MR) is 62.7 cm³/mol. The monoisotopic (exact) mass is 183 g/mol. The summed E-state index contributed by atoms with van der Waals surface area (Å²) in [6, 6.07) is 3.97. The molecule has 1 heteroatoms. The van der Waals surface area contributed by atoms with Gasteiger partial charge in [-0.1, -0.05) is 49.6 Å². The zero-order valence-corrected chi connectivity index (χ0v) is 8.06. The summed E-state index contributed by atoms with van der Waals surface area (Å²) in [5, 5.41) is 0. The zero-order chi connectivity index (χ0) is 10.2. The summed E-state index contributed by atoms with van der Waals surface area (Å²) in [5.41, 5.74) is 2.00. The molecule has 1 nitrogen and oxygen atoms in total. The molecule has 0 aliphatic rings. The third-order valence-electron chi connectivity index (χ3n) is 1.64. The quantitative estimate of drug-likeness (QED) is 0.651. The molecule has 1 heterocycles. The van der Waals surface area contributed by atoms with Crippen LogP contribution in [-0.2, 0) is 0 Å². The summed E-state index contributed by atoms with van der Waals surface area (Å²) >= 11 is 0. The minimum Gasteiger partial charge on any atom is -0.256 e. The number of hydrogen-bond acceptors (Lipinski definition) is 1. The fraction of sp³-hybridized carbons (Fsp3) is 0. The SMILES string of the molecule is C=C/C=C/c1ccc(/C=C/C=C)nc1. The van der Waals surface area contributed by atoms with Crippen LogP contribution in [0.2, 0.25) is 0 Å². The average molecular weight is 183 g/mol. The van der Waals surface area contributed by atoms with Gasteiger partial charge in [-0.2, -0.15) is 0 Å². The van der Waals surface area contributed by atoms with Crippen molar-refractivity contribution in [3.63, 3.8) is 0 Å². The van der Waals surface area contributed by atoms with Gasteiger partial charge in [-0.3, -0.25) is 4.98 Å². The summed E-state index contributed by atoms with van der Waals surface area (Å²) in [6.45, 7) is 7.20. The van der Waals surface area contributed by atoms with E-state index in [9.17, 15) is 0 Å². The Balaban J connectivity index is 2.77. The van der Waals surface area contributed by atoms with Gasteiger partial charge in [0, 0.05) is 6.20 Å². The largest absolute Gasteiger partial charge is 0.256 e. The van der Waals surface area contributed by atoms with E-state index < -0.39 is 0 Å². The van der Waals surface area contributed by atoms with Gasteiger partial charge in [0.25, 0.3) is 0 Å². The summed E-state index contributed by atoms with van der Waals surface area (Å²) < 4.78 is 0. The molecule has 0 N–H and O–H groups in total. The molecule has 0 amide bonds. The smallest absolute Gasteiger partial charge is 0.0630 e. The van der Waals surface area contributed by atoms with E-state index in [-0.39, 0.29) is 0 Å². The number of aromatic nitrogens is 1. The van der Waals surface area contributed by atoms with E-state index in [2.05, 4.69) is 18.1 Å². The molecular weight excluding hydrogens is 170 g/mol. The van der Waals surface area contributed by atoms with Crippen LogP contribution in [0.1, 0.15) is 11.3 Å². The van der Waals surface area contributed by atoms with Crippen LogP contribution in [0.3, 0.4) is 0 Å². The third-order valence-corrected chi connectivity index (χ3v) is 1.64. The van der Waals surface area contributed by atoms with Crippen LogP contribution < -0.4 is 0 Å². The molecule has 0 aliphatic carbocycles. The van der Waals surface area contributed by atoms with Gasteiger partial charge in [-0.05, 0) is 17.7 Å². The molecule has 0 aromatic carbocycles. The molecule has 1 aromatic rings. The van der Waals surface area contributed by atoms with Crippen molar-refractivity contribution in [2.24, 2.45) is 0 Å². The van der Waals surface area contributed by atoms with Crippen LogP contribution in [0.4, 0.5) is 0 Å². The van der Waals surface area contributed by atoms with Crippen molar-refractivity contribution < 1.29 is 0 Å². The standard InChI is InChI=1S/C13H13N/c1-3-5-7-12-9-10-13(14-11-12)8-6-4-2/h3-11H,1-2H2/b7-5+,8-6+. The van der Waals surface area contributed by atoms with Crippen molar-refractivity contribution in [1.29, 1.82) is 0 Å². The molecule has 1 rings (SSSR count). The van der Waals surface area contributed by atoms with Crippen LogP contribution in [0, 0.1) is 0 Å². The van der Waals surface area contributed by atoms with Gasteiger partial charge in [-0.25, -0.2) is 0 Å². The lowest BCUT2D eigenvalue weighted by molar-refractivity contribution is 1.28. The van der Waals surface area contributed by atoms with E-state index in [0.29, 0.717) is 0 Å². The fourth-order valence-electron chi connectivity index (χ4n) is 0.960. The third kappa shape index (κ3) is 3.23. The topological polar surface area (TPSA) is 12.9 Å². The van der Waals surface area contributed by atoms with Gasteiger partial charge < -0.3 is 0 Å². The molecule has 0 spiro atoms. The normalized spacial score (nSPS) is 10.9. The molecule has 1 aromatic heterocycles. The second kappa shape index (κ2) is 5.70. The lowest BCUT2D eigenvalue weighted by Crippen LogP contribution is -1.80. The Morgan fingerprint density at radius 1 is 1.00 bits per heavy atom. The highest BCUT2D eigenvalue weighted by Gasteiger charge is 1.87. The molecule has 0 saturated heterocycles. The fourth-order valence-corrected chi connectivity index (χ4v) is 0.960. The lowest BCUT2D eigenvalue weighted by Gasteiger charge is -1.93. The molecule has 0 bridgehead atoms. The van der Waals surface area contributed by atoms with E-state index in [1.165, 1.54) is 0 Å². The maximum Gasteiger partial charge on any atom is 0.0630 e. The Morgan fingerprint density at radius 3 is 2.29 bits per heavy atom. The second-order valence-electron chi connectivity index (χ2n) is 2.71. The van der Waals surface area contributed by atoms with Crippen molar-refractivity contribution in [2.75, 3.05) is 0 Å². The zero-order valence-electron chi connectivity index (χ0n) is 8.06. The Labute approximate surface area is 84.8 Å². The number of pyridine rings is 1. The van der Waals surface area contributed by atoms with Crippen molar-refractivity contribution in [3.8, 4) is 0 Å². The van der Waals surface area contributed by atoms with E-state index in [1.54, 1.807) is 12.2 Å². The minimum absolute atomic E-state index is 0.931.